The number of benzene rings is 1. The molecule has 3 heterocycles. The van der Waals surface area contributed by atoms with Crippen molar-refractivity contribution in [1.29, 1.82) is 0 Å². The van der Waals surface area contributed by atoms with E-state index in [2.05, 4.69) is 20.5 Å². The van der Waals surface area contributed by atoms with Gasteiger partial charge >= 0.3 is 0 Å². The summed E-state index contributed by atoms with van der Waals surface area (Å²) in [5.41, 5.74) is 3.02. The molecule has 1 atom stereocenters. The van der Waals surface area contributed by atoms with Crippen LogP contribution in [0.4, 0.5) is 11.6 Å². The van der Waals surface area contributed by atoms with Gasteiger partial charge in [-0.1, -0.05) is 12.1 Å². The Hall–Kier alpha value is -3.24. The zero-order chi connectivity index (χ0) is 20.6. The summed E-state index contributed by atoms with van der Waals surface area (Å²) in [6, 6.07) is 10.3. The number of aliphatic hydroxyl groups is 1. The zero-order valence-electron chi connectivity index (χ0n) is 15.9. The van der Waals surface area contributed by atoms with Crippen LogP contribution < -0.4 is 5.32 Å². The van der Waals surface area contributed by atoms with E-state index in [0.717, 1.165) is 11.1 Å². The molecule has 0 unspecified atom stereocenters. The number of pyridine rings is 1. The molecular weight excluding hydrogens is 392 g/mol. The number of hydrogen-bond donors (Lipinski definition) is 2. The van der Waals surface area contributed by atoms with Crippen LogP contribution in [-0.2, 0) is 9.84 Å². The van der Waals surface area contributed by atoms with Crippen molar-refractivity contribution < 1.29 is 13.5 Å². The molecule has 150 valence electrons. The van der Waals surface area contributed by atoms with Gasteiger partial charge in [0, 0.05) is 24.2 Å². The number of rotatable bonds is 6. The number of aliphatic hydroxyl groups excluding tert-OH is 1. The first-order valence-electron chi connectivity index (χ1n) is 8.93. The minimum absolute atomic E-state index is 0.00475. The maximum Gasteiger partial charge on any atom is 0.247 e. The van der Waals surface area contributed by atoms with E-state index in [4.69, 9.17) is 0 Å². The standard InChI is InChI=1S/C19H20N6O3S/c1-13(12-26)25-11-15(10-20-25)21-19-22-18-17(4-3-9-24(18)23-19)14-5-7-16(8-6-14)29(2,27)28/h3-11,13,26H,12H2,1-2H3,(H,21,23)/t13-/m1/s1. The van der Waals surface area contributed by atoms with E-state index in [-0.39, 0.29) is 17.5 Å². The van der Waals surface area contributed by atoms with Crippen LogP contribution in [0.2, 0.25) is 0 Å². The van der Waals surface area contributed by atoms with E-state index in [1.54, 1.807) is 52.1 Å². The topological polar surface area (TPSA) is 114 Å². The van der Waals surface area contributed by atoms with Crippen molar-refractivity contribution in [3.05, 3.63) is 55.0 Å². The highest BCUT2D eigenvalue weighted by molar-refractivity contribution is 7.90. The molecule has 0 bridgehead atoms. The maximum absolute atomic E-state index is 11.7. The number of aromatic nitrogens is 5. The van der Waals surface area contributed by atoms with Crippen molar-refractivity contribution >= 4 is 27.1 Å². The van der Waals surface area contributed by atoms with Crippen LogP contribution in [0.15, 0.2) is 59.9 Å². The average molecular weight is 412 g/mol. The van der Waals surface area contributed by atoms with E-state index < -0.39 is 9.84 Å². The van der Waals surface area contributed by atoms with Crippen molar-refractivity contribution in [2.24, 2.45) is 0 Å². The van der Waals surface area contributed by atoms with E-state index in [1.807, 2.05) is 19.1 Å². The molecule has 2 N–H and O–H groups in total. The van der Waals surface area contributed by atoms with Gasteiger partial charge in [0.2, 0.25) is 5.95 Å². The van der Waals surface area contributed by atoms with E-state index >= 15 is 0 Å². The largest absolute Gasteiger partial charge is 0.394 e. The Morgan fingerprint density at radius 3 is 2.66 bits per heavy atom. The zero-order valence-corrected chi connectivity index (χ0v) is 16.7. The quantitative estimate of drug-likeness (QED) is 0.499. The molecule has 0 saturated heterocycles. The maximum atomic E-state index is 11.7. The molecule has 0 aliphatic heterocycles. The highest BCUT2D eigenvalue weighted by atomic mass is 32.2. The van der Waals surface area contributed by atoms with Crippen molar-refractivity contribution in [3.63, 3.8) is 0 Å². The van der Waals surface area contributed by atoms with Gasteiger partial charge in [0.15, 0.2) is 15.5 Å². The normalized spacial score (nSPS) is 12.9. The van der Waals surface area contributed by atoms with Gasteiger partial charge in [-0.05, 0) is 36.8 Å². The van der Waals surface area contributed by atoms with Crippen molar-refractivity contribution in [2.45, 2.75) is 17.9 Å². The Morgan fingerprint density at radius 1 is 1.21 bits per heavy atom. The predicted molar refractivity (Wildman–Crippen MR) is 109 cm³/mol. The van der Waals surface area contributed by atoms with Gasteiger partial charge in [-0.2, -0.15) is 10.1 Å². The summed E-state index contributed by atoms with van der Waals surface area (Å²) in [5, 5.41) is 21.0. The fourth-order valence-corrected chi connectivity index (χ4v) is 3.55. The molecule has 0 saturated carbocycles. The van der Waals surface area contributed by atoms with Gasteiger partial charge in [-0.3, -0.25) is 4.68 Å². The SMILES string of the molecule is C[C@H](CO)n1cc(Nc2nc3c(-c4ccc(S(C)(=O)=O)cc4)cccn3n2)cn1. The van der Waals surface area contributed by atoms with E-state index in [1.165, 1.54) is 6.26 Å². The Morgan fingerprint density at radius 2 is 1.97 bits per heavy atom. The van der Waals surface area contributed by atoms with Crippen molar-refractivity contribution in [3.8, 4) is 11.1 Å². The first kappa shape index (κ1) is 19.1. The van der Waals surface area contributed by atoms with Crippen molar-refractivity contribution in [1.82, 2.24) is 24.4 Å². The molecule has 10 heteroatoms. The minimum atomic E-state index is -3.25. The van der Waals surface area contributed by atoms with Crippen LogP contribution in [0.3, 0.4) is 0 Å². The fraction of sp³-hybridized carbons (Fsp3) is 0.211. The molecule has 4 aromatic rings. The number of sulfone groups is 1. The summed E-state index contributed by atoms with van der Waals surface area (Å²) < 4.78 is 26.7. The van der Waals surface area contributed by atoms with Crippen LogP contribution >= 0.6 is 0 Å². The first-order chi connectivity index (χ1) is 13.8. The molecule has 0 fully saturated rings. The molecule has 0 amide bonds. The molecule has 0 radical (unpaired) electrons. The Bertz CT molecular complexity index is 1260. The Balaban J connectivity index is 1.66. The Labute approximate surface area is 167 Å². The first-order valence-corrected chi connectivity index (χ1v) is 10.8. The van der Waals surface area contributed by atoms with Gasteiger partial charge in [-0.25, -0.2) is 12.9 Å². The third-order valence-electron chi connectivity index (χ3n) is 4.53. The second-order valence-electron chi connectivity index (χ2n) is 6.79. The number of anilines is 2. The molecule has 0 aliphatic carbocycles. The molecule has 9 nitrogen and oxygen atoms in total. The summed E-state index contributed by atoms with van der Waals surface area (Å²) in [6.45, 7) is 1.86. The number of hydrogen-bond acceptors (Lipinski definition) is 7. The summed E-state index contributed by atoms with van der Waals surface area (Å²) in [6.07, 6.45) is 6.39. The molecule has 29 heavy (non-hydrogen) atoms. The lowest BCUT2D eigenvalue weighted by molar-refractivity contribution is 0.230. The second-order valence-corrected chi connectivity index (χ2v) is 8.80. The molecule has 3 aromatic heterocycles. The highest BCUT2D eigenvalue weighted by Gasteiger charge is 2.13. The van der Waals surface area contributed by atoms with Crippen LogP contribution in [0.1, 0.15) is 13.0 Å². The minimum Gasteiger partial charge on any atom is -0.394 e. The third-order valence-corrected chi connectivity index (χ3v) is 5.66. The van der Waals surface area contributed by atoms with Crippen LogP contribution in [0.25, 0.3) is 16.8 Å². The predicted octanol–water partition coefficient (Wildman–Crippen LogP) is 2.29. The lowest BCUT2D eigenvalue weighted by atomic mass is 10.1. The fourth-order valence-electron chi connectivity index (χ4n) is 2.92. The lowest BCUT2D eigenvalue weighted by Gasteiger charge is -2.06. The van der Waals surface area contributed by atoms with Gasteiger partial charge in [0.05, 0.1) is 29.4 Å². The molecule has 1 aromatic carbocycles. The van der Waals surface area contributed by atoms with Crippen molar-refractivity contribution in [2.75, 3.05) is 18.2 Å². The van der Waals surface area contributed by atoms with Crippen LogP contribution in [0, 0.1) is 0 Å². The second kappa shape index (κ2) is 7.30. The summed E-state index contributed by atoms with van der Waals surface area (Å²) >= 11 is 0. The molecule has 4 rings (SSSR count). The summed E-state index contributed by atoms with van der Waals surface area (Å²) in [5.74, 6) is 0.404. The molecule has 0 spiro atoms. The number of nitrogens with one attached hydrogen (secondary N) is 1. The monoisotopic (exact) mass is 412 g/mol. The molecule has 0 aliphatic rings. The van der Waals surface area contributed by atoms with Crippen LogP contribution in [-0.4, -0.2) is 50.8 Å². The summed E-state index contributed by atoms with van der Waals surface area (Å²) in [7, 11) is -3.25. The number of fused-ring (bicyclic) bond motifs is 1. The van der Waals surface area contributed by atoms with Gasteiger partial charge < -0.3 is 10.4 Å². The highest BCUT2D eigenvalue weighted by Crippen LogP contribution is 2.26. The number of nitrogens with zero attached hydrogens (tertiary/aromatic N) is 5. The average Bonchev–Trinajstić information content (AvgIpc) is 3.33. The lowest BCUT2D eigenvalue weighted by Crippen LogP contribution is -2.09. The van der Waals surface area contributed by atoms with Gasteiger partial charge in [0.1, 0.15) is 0 Å². The molecular formula is C19H20N6O3S. The van der Waals surface area contributed by atoms with Crippen LogP contribution in [0.5, 0.6) is 0 Å². The Kier molecular flexibility index (Phi) is 4.81. The van der Waals surface area contributed by atoms with Gasteiger partial charge in [0.25, 0.3) is 0 Å². The van der Waals surface area contributed by atoms with Gasteiger partial charge in [-0.15, -0.1) is 5.10 Å². The summed E-state index contributed by atoms with van der Waals surface area (Å²) in [4.78, 5) is 4.84. The third kappa shape index (κ3) is 3.84. The van der Waals surface area contributed by atoms with E-state index in [9.17, 15) is 13.5 Å². The van der Waals surface area contributed by atoms with E-state index in [0.29, 0.717) is 17.3 Å². The smallest absolute Gasteiger partial charge is 0.247 e.